The molecule has 1 N–H and O–H groups in total. The molecule has 4 aromatic rings. The Bertz CT molecular complexity index is 1300. The summed E-state index contributed by atoms with van der Waals surface area (Å²) in [7, 11) is 0. The van der Waals surface area contributed by atoms with Crippen molar-refractivity contribution in [1.82, 2.24) is 9.88 Å². The lowest BCUT2D eigenvalue weighted by Crippen LogP contribution is -2.33. The van der Waals surface area contributed by atoms with Gasteiger partial charge >= 0.3 is 0 Å². The second kappa shape index (κ2) is 9.41. The number of halogens is 2. The smallest absolute Gasteiger partial charge is 0.259 e. The number of aryl methyl sites for hydroxylation is 1. The number of aromatic nitrogens is 1. The molecule has 0 radical (unpaired) electrons. The Morgan fingerprint density at radius 1 is 0.941 bits per heavy atom. The van der Waals surface area contributed by atoms with Crippen LogP contribution in [0, 0.1) is 18.6 Å². The first-order chi connectivity index (χ1) is 16.1. The van der Waals surface area contributed by atoms with Crippen LogP contribution in [0.25, 0.3) is 10.9 Å². The highest BCUT2D eigenvalue weighted by Gasteiger charge is 2.26. The van der Waals surface area contributed by atoms with Gasteiger partial charge in [-0.15, -0.1) is 0 Å². The van der Waals surface area contributed by atoms with Crippen LogP contribution in [0.3, 0.4) is 0 Å². The lowest BCUT2D eigenvalue weighted by Gasteiger charge is -2.25. The van der Waals surface area contributed by atoms with Crippen LogP contribution in [0.5, 0.6) is 0 Å². The first-order valence-corrected chi connectivity index (χ1v) is 11.5. The molecule has 0 saturated heterocycles. The number of rotatable bonds is 6. The molecule has 0 bridgehead atoms. The Morgan fingerprint density at radius 3 is 2.24 bits per heavy atom. The van der Waals surface area contributed by atoms with Gasteiger partial charge in [0.05, 0.1) is 5.52 Å². The molecule has 3 aromatic carbocycles. The van der Waals surface area contributed by atoms with Gasteiger partial charge in [0.2, 0.25) is 0 Å². The summed E-state index contributed by atoms with van der Waals surface area (Å²) in [6, 6.07) is 19.0. The van der Waals surface area contributed by atoms with Crippen LogP contribution in [0.15, 0.2) is 66.9 Å². The minimum Gasteiger partial charge on any atom is -0.360 e. The molecule has 0 aliphatic rings. The highest BCUT2D eigenvalue weighted by atomic mass is 19.2. The average Bonchev–Trinajstić information content (AvgIpc) is 3.25. The quantitative estimate of drug-likeness (QED) is 0.332. The standard InChI is InChI=1S/C29H30F2N2O/c1-19-5-7-20(8-6-19)14-16-33(18-21-9-11-23(12-10-21)29(2,3)4)28(34)25-26(31)24(30)17-22-13-15-32-27(22)25/h5-13,15,17,32H,14,16,18H2,1-4H3. The number of nitrogens with one attached hydrogen (secondary N) is 1. The fraction of sp³-hybridized carbons (Fsp3) is 0.276. The van der Waals surface area contributed by atoms with Gasteiger partial charge in [0, 0.05) is 24.7 Å². The second-order valence-corrected chi connectivity index (χ2v) is 9.90. The van der Waals surface area contributed by atoms with Crippen LogP contribution in [-0.4, -0.2) is 22.3 Å². The first-order valence-electron chi connectivity index (χ1n) is 11.5. The largest absolute Gasteiger partial charge is 0.360 e. The predicted molar refractivity (Wildman–Crippen MR) is 133 cm³/mol. The van der Waals surface area contributed by atoms with Gasteiger partial charge in [0.1, 0.15) is 5.56 Å². The van der Waals surface area contributed by atoms with E-state index < -0.39 is 17.5 Å². The van der Waals surface area contributed by atoms with Gasteiger partial charge < -0.3 is 9.88 Å². The normalized spacial score (nSPS) is 11.7. The molecular formula is C29H30F2N2O. The molecule has 0 aliphatic heterocycles. The Balaban J connectivity index is 1.67. The minimum absolute atomic E-state index is 0.0173. The highest BCUT2D eigenvalue weighted by Crippen LogP contribution is 2.26. The molecule has 3 nitrogen and oxygen atoms in total. The molecule has 4 rings (SSSR count). The molecule has 0 spiro atoms. The van der Waals surface area contributed by atoms with Crippen LogP contribution in [0.2, 0.25) is 0 Å². The lowest BCUT2D eigenvalue weighted by molar-refractivity contribution is 0.0741. The Labute approximate surface area is 199 Å². The van der Waals surface area contributed by atoms with E-state index in [0.717, 1.165) is 22.8 Å². The molecule has 0 aliphatic carbocycles. The van der Waals surface area contributed by atoms with E-state index in [-0.39, 0.29) is 11.0 Å². The van der Waals surface area contributed by atoms with Crippen molar-refractivity contribution in [3.05, 3.63) is 106 Å². The van der Waals surface area contributed by atoms with Gasteiger partial charge in [-0.05, 0) is 47.6 Å². The van der Waals surface area contributed by atoms with Gasteiger partial charge in [0.25, 0.3) is 5.91 Å². The fourth-order valence-electron chi connectivity index (χ4n) is 4.11. The third-order valence-corrected chi connectivity index (χ3v) is 6.23. The minimum atomic E-state index is -1.12. The van der Waals surface area contributed by atoms with Crippen LogP contribution < -0.4 is 0 Å². The lowest BCUT2D eigenvalue weighted by atomic mass is 9.87. The Morgan fingerprint density at radius 2 is 1.59 bits per heavy atom. The van der Waals surface area contributed by atoms with Gasteiger partial charge in [-0.2, -0.15) is 0 Å². The molecule has 0 atom stereocenters. The van der Waals surface area contributed by atoms with Crippen molar-refractivity contribution in [2.45, 2.75) is 46.1 Å². The van der Waals surface area contributed by atoms with E-state index in [0.29, 0.717) is 30.4 Å². The van der Waals surface area contributed by atoms with E-state index >= 15 is 0 Å². The maximum atomic E-state index is 14.9. The van der Waals surface area contributed by atoms with Gasteiger partial charge in [-0.3, -0.25) is 4.79 Å². The number of nitrogens with zero attached hydrogens (tertiary/aromatic N) is 1. The van der Waals surface area contributed by atoms with Crippen LogP contribution in [-0.2, 0) is 18.4 Å². The summed E-state index contributed by atoms with van der Waals surface area (Å²) in [6.45, 7) is 9.14. The van der Waals surface area contributed by atoms with E-state index in [1.54, 1.807) is 17.2 Å². The zero-order valence-electron chi connectivity index (χ0n) is 20.1. The summed E-state index contributed by atoms with van der Waals surface area (Å²) >= 11 is 0. The maximum Gasteiger partial charge on any atom is 0.259 e. The topological polar surface area (TPSA) is 36.1 Å². The van der Waals surface area contributed by atoms with E-state index in [9.17, 15) is 13.6 Å². The number of hydrogen-bond donors (Lipinski definition) is 1. The average molecular weight is 461 g/mol. The monoisotopic (exact) mass is 460 g/mol. The SMILES string of the molecule is Cc1ccc(CCN(Cc2ccc(C(C)(C)C)cc2)C(=O)c2c(F)c(F)cc3cc[nH]c23)cc1. The van der Waals surface area contributed by atoms with Crippen molar-refractivity contribution in [2.24, 2.45) is 0 Å². The number of hydrogen-bond acceptors (Lipinski definition) is 1. The molecule has 1 amide bonds. The predicted octanol–water partition coefficient (Wildman–Crippen LogP) is 6.94. The third-order valence-electron chi connectivity index (χ3n) is 6.23. The Kier molecular flexibility index (Phi) is 6.56. The van der Waals surface area contributed by atoms with E-state index in [1.807, 2.05) is 43.3 Å². The van der Waals surface area contributed by atoms with Crippen molar-refractivity contribution in [2.75, 3.05) is 6.54 Å². The van der Waals surface area contributed by atoms with E-state index in [1.165, 1.54) is 5.56 Å². The van der Waals surface area contributed by atoms with Gasteiger partial charge in [-0.1, -0.05) is 74.9 Å². The molecule has 1 heterocycles. The maximum absolute atomic E-state index is 14.9. The summed E-state index contributed by atoms with van der Waals surface area (Å²) in [5.74, 6) is -2.68. The summed E-state index contributed by atoms with van der Waals surface area (Å²) in [4.78, 5) is 18.1. The first kappa shape index (κ1) is 23.7. The zero-order valence-corrected chi connectivity index (χ0v) is 20.1. The van der Waals surface area contributed by atoms with Crippen molar-refractivity contribution in [3.63, 3.8) is 0 Å². The summed E-state index contributed by atoms with van der Waals surface area (Å²) in [5, 5.41) is 0.468. The van der Waals surface area contributed by atoms with E-state index in [2.05, 4.69) is 37.9 Å². The summed E-state index contributed by atoms with van der Waals surface area (Å²) < 4.78 is 29.2. The number of carbonyl (C=O) groups excluding carboxylic acids is 1. The molecule has 34 heavy (non-hydrogen) atoms. The fourth-order valence-corrected chi connectivity index (χ4v) is 4.11. The number of aromatic amines is 1. The van der Waals surface area contributed by atoms with Crippen molar-refractivity contribution < 1.29 is 13.6 Å². The molecule has 1 aromatic heterocycles. The molecule has 0 unspecified atom stereocenters. The van der Waals surface area contributed by atoms with Crippen LogP contribution in [0.1, 0.15) is 53.4 Å². The molecule has 176 valence electrons. The molecular weight excluding hydrogens is 430 g/mol. The van der Waals surface area contributed by atoms with Crippen LogP contribution in [0.4, 0.5) is 8.78 Å². The second-order valence-electron chi connectivity index (χ2n) is 9.90. The number of amides is 1. The highest BCUT2D eigenvalue weighted by molar-refractivity contribution is 6.06. The number of carbonyl (C=O) groups is 1. The zero-order chi connectivity index (χ0) is 24.5. The van der Waals surface area contributed by atoms with Gasteiger partial charge in [-0.25, -0.2) is 8.78 Å². The summed E-state index contributed by atoms with van der Waals surface area (Å²) in [6.07, 6.45) is 2.19. The number of H-pyrrole nitrogens is 1. The van der Waals surface area contributed by atoms with Crippen LogP contribution >= 0.6 is 0 Å². The van der Waals surface area contributed by atoms with Crippen molar-refractivity contribution >= 4 is 16.8 Å². The molecule has 0 saturated carbocycles. The van der Waals surface area contributed by atoms with Crippen molar-refractivity contribution in [1.29, 1.82) is 0 Å². The summed E-state index contributed by atoms with van der Waals surface area (Å²) in [5.41, 5.74) is 4.44. The molecule has 5 heteroatoms. The Hall–Kier alpha value is -3.47. The van der Waals surface area contributed by atoms with Crippen molar-refractivity contribution in [3.8, 4) is 0 Å². The van der Waals surface area contributed by atoms with E-state index in [4.69, 9.17) is 0 Å². The van der Waals surface area contributed by atoms with Gasteiger partial charge in [0.15, 0.2) is 11.6 Å². The number of benzene rings is 3. The third kappa shape index (κ3) is 5.04. The number of fused-ring (bicyclic) bond motifs is 1. The molecule has 0 fully saturated rings.